The molecular formula is C17H16BrClFN3O3S. The first-order valence-corrected chi connectivity index (χ1v) is 10.6. The van der Waals surface area contributed by atoms with Crippen LogP contribution < -0.4 is 20.8 Å². The number of sulfonamides is 1. The summed E-state index contributed by atoms with van der Waals surface area (Å²) in [6, 6.07) is 5.02. The van der Waals surface area contributed by atoms with Crippen LogP contribution in [0.2, 0.25) is 5.02 Å². The van der Waals surface area contributed by atoms with E-state index in [-0.39, 0.29) is 16.8 Å². The number of nitrogens with zero attached hydrogens (tertiary/aromatic N) is 1. The van der Waals surface area contributed by atoms with Gasteiger partial charge in [-0.15, -0.1) is 0 Å². The van der Waals surface area contributed by atoms with Crippen LogP contribution in [0.1, 0.15) is 12.8 Å². The highest BCUT2D eigenvalue weighted by Crippen LogP contribution is 2.30. The fourth-order valence-corrected chi connectivity index (χ4v) is 4.38. The number of rotatable bonds is 7. The summed E-state index contributed by atoms with van der Waals surface area (Å²) in [6.45, 7) is 2.73. The van der Waals surface area contributed by atoms with Gasteiger partial charge in [0.2, 0.25) is 10.0 Å². The summed E-state index contributed by atoms with van der Waals surface area (Å²) in [5.74, 6) is 0. The van der Waals surface area contributed by atoms with Gasteiger partial charge in [0.05, 0.1) is 27.4 Å². The lowest BCUT2D eigenvalue weighted by atomic mass is 10.2. The Morgan fingerprint density at radius 1 is 1.48 bits per heavy atom. The van der Waals surface area contributed by atoms with Gasteiger partial charge >= 0.3 is 0 Å². The molecule has 0 bridgehead atoms. The predicted molar refractivity (Wildman–Crippen MR) is 107 cm³/mol. The molecule has 2 N–H and O–H groups in total. The van der Waals surface area contributed by atoms with E-state index >= 15 is 0 Å². The molecule has 27 heavy (non-hydrogen) atoms. The molecule has 1 aromatic carbocycles. The molecule has 3 rings (SSSR count). The van der Waals surface area contributed by atoms with Gasteiger partial charge in [0.25, 0.3) is 0 Å². The van der Waals surface area contributed by atoms with Crippen molar-refractivity contribution in [1.29, 1.82) is 0 Å². The third-order valence-corrected chi connectivity index (χ3v) is 6.50. The third-order valence-electron chi connectivity index (χ3n) is 3.84. The van der Waals surface area contributed by atoms with Crippen molar-refractivity contribution < 1.29 is 17.2 Å². The second-order valence-corrected chi connectivity index (χ2v) is 9.21. The number of alkyl halides is 1. The van der Waals surface area contributed by atoms with Crippen LogP contribution in [-0.4, -0.2) is 25.3 Å². The highest BCUT2D eigenvalue weighted by atomic mass is 79.9. The van der Waals surface area contributed by atoms with Crippen molar-refractivity contribution in [1.82, 2.24) is 9.71 Å². The van der Waals surface area contributed by atoms with Crippen LogP contribution >= 0.6 is 27.5 Å². The zero-order chi connectivity index (χ0) is 19.6. The number of hydrogen-bond acceptors (Lipinski definition) is 5. The molecule has 144 valence electrons. The monoisotopic (exact) mass is 475 g/mol. The number of oxazole rings is 1. The molecule has 1 aliphatic rings. The molecule has 1 aliphatic carbocycles. The third kappa shape index (κ3) is 4.91. The first-order chi connectivity index (χ1) is 12.8. The Morgan fingerprint density at radius 2 is 2.22 bits per heavy atom. The topological polar surface area (TPSA) is 84.2 Å². The maximum absolute atomic E-state index is 13.8. The van der Waals surface area contributed by atoms with Crippen molar-refractivity contribution in [3.05, 3.63) is 56.2 Å². The van der Waals surface area contributed by atoms with Crippen LogP contribution in [-0.2, 0) is 10.0 Å². The first kappa shape index (κ1) is 19.9. The van der Waals surface area contributed by atoms with Crippen LogP contribution in [0.25, 0.3) is 12.7 Å². The lowest BCUT2D eigenvalue weighted by Crippen LogP contribution is -2.30. The molecule has 0 unspecified atom stereocenters. The Morgan fingerprint density at radius 3 is 2.78 bits per heavy atom. The Labute approximate surface area is 169 Å². The van der Waals surface area contributed by atoms with Gasteiger partial charge < -0.3 is 9.73 Å². The zero-order valence-corrected chi connectivity index (χ0v) is 17.2. The van der Waals surface area contributed by atoms with E-state index in [0.717, 1.165) is 4.47 Å². The van der Waals surface area contributed by atoms with Crippen molar-refractivity contribution >= 4 is 55.9 Å². The van der Waals surface area contributed by atoms with E-state index in [0.29, 0.717) is 28.9 Å². The maximum atomic E-state index is 13.8. The molecule has 0 spiro atoms. The molecule has 6 nitrogen and oxygen atoms in total. The molecule has 0 aliphatic heterocycles. The molecule has 0 radical (unpaired) electrons. The van der Waals surface area contributed by atoms with E-state index in [9.17, 15) is 12.8 Å². The van der Waals surface area contributed by atoms with Gasteiger partial charge in [-0.2, -0.15) is 0 Å². The fourth-order valence-electron chi connectivity index (χ4n) is 2.25. The fraction of sp³-hybridized carbons (Fsp3) is 0.235. The van der Waals surface area contributed by atoms with Gasteiger partial charge in [-0.05, 0) is 31.0 Å². The molecule has 0 amide bonds. The minimum Gasteiger partial charge on any atom is -0.443 e. The molecule has 10 heteroatoms. The molecule has 1 aromatic heterocycles. The highest BCUT2D eigenvalue weighted by Gasteiger charge is 2.36. The van der Waals surface area contributed by atoms with Crippen molar-refractivity contribution in [2.24, 2.45) is 0 Å². The number of allylic oxidation sites excluding steroid dienone is 2. The second-order valence-electron chi connectivity index (χ2n) is 5.93. The number of halogens is 3. The number of nitrogens with one attached hydrogen (secondary N) is 2. The van der Waals surface area contributed by atoms with E-state index in [2.05, 4.69) is 37.5 Å². The van der Waals surface area contributed by atoms with Crippen LogP contribution in [0.3, 0.4) is 0 Å². The lowest BCUT2D eigenvalue weighted by Gasteiger charge is -2.15. The summed E-state index contributed by atoms with van der Waals surface area (Å²) in [5, 5.41) is 3.02. The average Bonchev–Trinajstić information content (AvgIpc) is 3.39. The van der Waals surface area contributed by atoms with Gasteiger partial charge in [-0.25, -0.2) is 17.8 Å². The summed E-state index contributed by atoms with van der Waals surface area (Å²) >= 11 is 9.47. The molecule has 2 aromatic rings. The number of hydrogen-bond donors (Lipinski definition) is 2. The van der Waals surface area contributed by atoms with Gasteiger partial charge in [0.15, 0.2) is 11.8 Å². The Balaban J connectivity index is 2.07. The Hall–Kier alpha value is -1.84. The van der Waals surface area contributed by atoms with Crippen molar-refractivity contribution in [3.8, 4) is 0 Å². The first-order valence-electron chi connectivity index (χ1n) is 7.93. The van der Waals surface area contributed by atoms with E-state index < -0.39 is 21.9 Å². The van der Waals surface area contributed by atoms with E-state index in [4.69, 9.17) is 16.0 Å². The van der Waals surface area contributed by atoms with Gasteiger partial charge in [0, 0.05) is 10.5 Å². The van der Waals surface area contributed by atoms with Crippen LogP contribution in [0.4, 0.5) is 10.1 Å². The van der Waals surface area contributed by atoms with Crippen LogP contribution in [0.5, 0.6) is 0 Å². The average molecular weight is 477 g/mol. The minimum atomic E-state index is -3.64. The zero-order valence-electron chi connectivity index (χ0n) is 14.0. The molecule has 0 saturated heterocycles. The molecule has 1 fully saturated rings. The Kier molecular flexibility index (Phi) is 5.92. The number of aromatic nitrogens is 1. The summed E-state index contributed by atoms with van der Waals surface area (Å²) < 4.78 is 47.0. The van der Waals surface area contributed by atoms with E-state index in [1.807, 2.05) is 0 Å². The van der Waals surface area contributed by atoms with E-state index in [1.165, 1.54) is 12.5 Å². The van der Waals surface area contributed by atoms with Gasteiger partial charge in [0.1, 0.15) is 12.0 Å². The SMILES string of the molecule is C=c1nco/c1=C/C(NS(=O)(=O)C1CC1)=C(\CF)Nc1ccc(Br)cc1Cl. The molecular weight excluding hydrogens is 461 g/mol. The van der Waals surface area contributed by atoms with E-state index in [1.54, 1.807) is 18.2 Å². The second kappa shape index (κ2) is 8.04. The lowest BCUT2D eigenvalue weighted by molar-refractivity contribution is 0.523. The van der Waals surface area contributed by atoms with Gasteiger partial charge in [-0.1, -0.05) is 34.1 Å². The quantitative estimate of drug-likeness (QED) is 0.642. The van der Waals surface area contributed by atoms with Crippen LogP contribution in [0, 0.1) is 0 Å². The molecule has 1 saturated carbocycles. The van der Waals surface area contributed by atoms with Crippen LogP contribution in [0.15, 0.2) is 44.9 Å². The van der Waals surface area contributed by atoms with Crippen molar-refractivity contribution in [2.45, 2.75) is 18.1 Å². The summed E-state index contributed by atoms with van der Waals surface area (Å²) in [5.41, 5.74) is 0.638. The summed E-state index contributed by atoms with van der Waals surface area (Å²) in [6.07, 6.45) is 3.67. The smallest absolute Gasteiger partial charge is 0.235 e. The van der Waals surface area contributed by atoms with Crippen molar-refractivity contribution in [3.63, 3.8) is 0 Å². The summed E-state index contributed by atoms with van der Waals surface area (Å²) in [7, 11) is -3.64. The number of anilines is 1. The molecule has 0 atom stereocenters. The normalized spacial score (nSPS) is 16.2. The number of benzene rings is 1. The largest absolute Gasteiger partial charge is 0.443 e. The Bertz CT molecular complexity index is 1100. The minimum absolute atomic E-state index is 0.00466. The van der Waals surface area contributed by atoms with Crippen molar-refractivity contribution in [2.75, 3.05) is 12.0 Å². The highest BCUT2D eigenvalue weighted by molar-refractivity contribution is 9.10. The summed E-state index contributed by atoms with van der Waals surface area (Å²) in [4.78, 5) is 3.86. The van der Waals surface area contributed by atoms with Gasteiger partial charge in [-0.3, -0.25) is 4.72 Å². The predicted octanol–water partition coefficient (Wildman–Crippen LogP) is 2.66. The standard InChI is InChI=1S/C17H16BrClFN3O3S/c1-10-17(26-9-21-10)7-15(23-27(24,25)12-3-4-12)16(8-20)22-14-5-2-11(18)6-13(14)19/h2,5-7,9,12,22-23H,1,3-4,8H2/b16-15-,17-7+. The maximum Gasteiger partial charge on any atom is 0.235 e. The molecule has 1 heterocycles.